The highest BCUT2D eigenvalue weighted by Gasteiger charge is 2.11. The molecule has 2 N–H and O–H groups in total. The minimum absolute atomic E-state index is 0.288. The zero-order chi connectivity index (χ0) is 18.5. The van der Waals surface area contributed by atoms with E-state index in [4.69, 9.17) is 15.2 Å². The van der Waals surface area contributed by atoms with Gasteiger partial charge in [-0.2, -0.15) is 5.26 Å². The summed E-state index contributed by atoms with van der Waals surface area (Å²) in [5, 5.41) is 10.3. The summed E-state index contributed by atoms with van der Waals surface area (Å²) in [7, 11) is 1.57. The Morgan fingerprint density at radius 1 is 1.19 bits per heavy atom. The number of fused-ring (bicyclic) bond motifs is 1. The van der Waals surface area contributed by atoms with Gasteiger partial charge in [0.05, 0.1) is 24.8 Å². The number of nitrogen functional groups attached to an aromatic ring is 1. The Hall–Kier alpha value is -3.59. The molecule has 0 radical (unpaired) electrons. The van der Waals surface area contributed by atoms with Crippen LogP contribution in [0.3, 0.4) is 0 Å². The first kappa shape index (κ1) is 17.2. The molecule has 0 saturated carbocycles. The topological polar surface area (TPSA) is 94.0 Å². The van der Waals surface area contributed by atoms with Crippen LogP contribution < -0.4 is 15.2 Å². The summed E-state index contributed by atoms with van der Waals surface area (Å²) >= 11 is 0. The SMILES string of the molecule is CCOc1ccc(/C=C(/C#N)c2nc(N)c3ccccc3n2)cc1OC. The number of allylic oxidation sites excluding steroid dienone is 1. The van der Waals surface area contributed by atoms with Crippen molar-refractivity contribution in [3.8, 4) is 17.6 Å². The molecule has 0 spiro atoms. The summed E-state index contributed by atoms with van der Waals surface area (Å²) in [5.41, 5.74) is 7.80. The van der Waals surface area contributed by atoms with Crippen molar-refractivity contribution in [2.45, 2.75) is 6.92 Å². The molecular weight excluding hydrogens is 328 g/mol. The number of ether oxygens (including phenoxy) is 2. The molecule has 0 aliphatic heterocycles. The van der Waals surface area contributed by atoms with E-state index in [9.17, 15) is 5.26 Å². The van der Waals surface area contributed by atoms with Gasteiger partial charge in [-0.05, 0) is 42.8 Å². The van der Waals surface area contributed by atoms with Gasteiger partial charge in [0.2, 0.25) is 0 Å². The molecule has 0 fully saturated rings. The van der Waals surface area contributed by atoms with Crippen molar-refractivity contribution < 1.29 is 9.47 Å². The summed E-state index contributed by atoms with van der Waals surface area (Å²) in [4.78, 5) is 8.73. The minimum Gasteiger partial charge on any atom is -0.493 e. The highest BCUT2D eigenvalue weighted by molar-refractivity contribution is 5.93. The van der Waals surface area contributed by atoms with Crippen molar-refractivity contribution in [1.29, 1.82) is 5.26 Å². The van der Waals surface area contributed by atoms with Crippen molar-refractivity contribution in [1.82, 2.24) is 9.97 Å². The Morgan fingerprint density at radius 2 is 2.00 bits per heavy atom. The van der Waals surface area contributed by atoms with Crippen LogP contribution in [0.5, 0.6) is 11.5 Å². The molecule has 0 unspecified atom stereocenters. The van der Waals surface area contributed by atoms with Gasteiger partial charge in [-0.1, -0.05) is 18.2 Å². The second-order valence-corrected chi connectivity index (χ2v) is 5.46. The lowest BCUT2D eigenvalue weighted by atomic mass is 10.1. The lowest BCUT2D eigenvalue weighted by Crippen LogP contribution is -2.00. The first-order chi connectivity index (χ1) is 12.7. The van der Waals surface area contributed by atoms with E-state index in [0.29, 0.717) is 35.0 Å². The summed E-state index contributed by atoms with van der Waals surface area (Å²) in [6.07, 6.45) is 1.70. The number of anilines is 1. The number of hydrogen-bond donors (Lipinski definition) is 1. The maximum absolute atomic E-state index is 9.57. The van der Waals surface area contributed by atoms with Gasteiger partial charge in [-0.3, -0.25) is 0 Å². The first-order valence-corrected chi connectivity index (χ1v) is 8.11. The van der Waals surface area contributed by atoms with E-state index in [1.807, 2.05) is 37.3 Å². The van der Waals surface area contributed by atoms with E-state index < -0.39 is 0 Å². The molecule has 3 aromatic rings. The zero-order valence-electron chi connectivity index (χ0n) is 14.6. The molecule has 0 aliphatic carbocycles. The van der Waals surface area contributed by atoms with E-state index in [0.717, 1.165) is 10.9 Å². The number of rotatable bonds is 5. The van der Waals surface area contributed by atoms with Crippen molar-refractivity contribution in [2.75, 3.05) is 19.5 Å². The van der Waals surface area contributed by atoms with Crippen LogP contribution in [0.4, 0.5) is 5.82 Å². The van der Waals surface area contributed by atoms with Crippen LogP contribution in [0.1, 0.15) is 18.3 Å². The third kappa shape index (κ3) is 3.42. The van der Waals surface area contributed by atoms with Crippen LogP contribution in [0, 0.1) is 11.3 Å². The summed E-state index contributed by atoms with van der Waals surface area (Å²) < 4.78 is 10.9. The number of para-hydroxylation sites is 1. The molecule has 0 amide bonds. The molecule has 1 heterocycles. The Bertz CT molecular complexity index is 1020. The van der Waals surface area contributed by atoms with Gasteiger partial charge in [0.1, 0.15) is 11.9 Å². The number of aromatic nitrogens is 2. The molecule has 6 nitrogen and oxygen atoms in total. The largest absolute Gasteiger partial charge is 0.493 e. The fourth-order valence-corrected chi connectivity index (χ4v) is 2.58. The fourth-order valence-electron chi connectivity index (χ4n) is 2.58. The number of hydrogen-bond acceptors (Lipinski definition) is 6. The van der Waals surface area contributed by atoms with Crippen molar-refractivity contribution in [2.24, 2.45) is 0 Å². The Balaban J connectivity index is 2.05. The second-order valence-electron chi connectivity index (χ2n) is 5.46. The second kappa shape index (κ2) is 7.53. The maximum atomic E-state index is 9.57. The molecule has 6 heteroatoms. The van der Waals surface area contributed by atoms with E-state index >= 15 is 0 Å². The van der Waals surface area contributed by atoms with Crippen LogP contribution in [-0.2, 0) is 0 Å². The van der Waals surface area contributed by atoms with Crippen molar-refractivity contribution in [3.63, 3.8) is 0 Å². The smallest absolute Gasteiger partial charge is 0.172 e. The van der Waals surface area contributed by atoms with Gasteiger partial charge < -0.3 is 15.2 Å². The van der Waals surface area contributed by atoms with E-state index in [1.165, 1.54) is 0 Å². The number of nitrogens with zero attached hydrogens (tertiary/aromatic N) is 3. The number of nitriles is 1. The third-order valence-corrected chi connectivity index (χ3v) is 3.79. The van der Waals surface area contributed by atoms with Gasteiger partial charge in [0.25, 0.3) is 0 Å². The molecular formula is C20H18N4O2. The van der Waals surface area contributed by atoms with Crippen LogP contribution in [0.25, 0.3) is 22.6 Å². The Morgan fingerprint density at radius 3 is 2.73 bits per heavy atom. The van der Waals surface area contributed by atoms with E-state index in [1.54, 1.807) is 25.3 Å². The average Bonchev–Trinajstić information content (AvgIpc) is 2.67. The molecule has 0 atom stereocenters. The Kier molecular flexibility index (Phi) is 4.99. The van der Waals surface area contributed by atoms with Crippen molar-refractivity contribution in [3.05, 3.63) is 53.9 Å². The van der Waals surface area contributed by atoms with Gasteiger partial charge >= 0.3 is 0 Å². The monoisotopic (exact) mass is 346 g/mol. The Labute approximate surface area is 151 Å². The van der Waals surface area contributed by atoms with Gasteiger partial charge in [0.15, 0.2) is 17.3 Å². The molecule has 130 valence electrons. The lowest BCUT2D eigenvalue weighted by molar-refractivity contribution is 0.311. The van der Waals surface area contributed by atoms with Gasteiger partial charge in [-0.25, -0.2) is 9.97 Å². The minimum atomic E-state index is 0.288. The average molecular weight is 346 g/mol. The molecule has 3 rings (SSSR count). The third-order valence-electron chi connectivity index (χ3n) is 3.79. The highest BCUT2D eigenvalue weighted by Crippen LogP contribution is 2.30. The summed E-state index contributed by atoms with van der Waals surface area (Å²) in [6.45, 7) is 2.45. The lowest BCUT2D eigenvalue weighted by Gasteiger charge is -2.10. The van der Waals surface area contributed by atoms with Crippen LogP contribution >= 0.6 is 0 Å². The van der Waals surface area contributed by atoms with Crippen molar-refractivity contribution >= 4 is 28.4 Å². The molecule has 0 aliphatic rings. The van der Waals surface area contributed by atoms with Gasteiger partial charge in [-0.15, -0.1) is 0 Å². The summed E-state index contributed by atoms with van der Waals surface area (Å²) in [5.74, 6) is 1.88. The van der Waals surface area contributed by atoms with Crippen LogP contribution in [0.2, 0.25) is 0 Å². The van der Waals surface area contributed by atoms with E-state index in [2.05, 4.69) is 16.0 Å². The molecule has 1 aromatic heterocycles. The normalized spacial score (nSPS) is 11.2. The predicted octanol–water partition coefficient (Wildman–Crippen LogP) is 3.68. The number of benzene rings is 2. The van der Waals surface area contributed by atoms with Crippen LogP contribution in [0.15, 0.2) is 42.5 Å². The number of nitrogens with two attached hydrogens (primary N) is 1. The highest BCUT2D eigenvalue weighted by atomic mass is 16.5. The molecule has 0 saturated heterocycles. The quantitative estimate of drug-likeness (QED) is 0.708. The molecule has 0 bridgehead atoms. The molecule has 2 aromatic carbocycles. The zero-order valence-corrected chi connectivity index (χ0v) is 14.6. The number of methoxy groups -OCH3 is 1. The first-order valence-electron chi connectivity index (χ1n) is 8.11. The predicted molar refractivity (Wildman–Crippen MR) is 102 cm³/mol. The van der Waals surface area contributed by atoms with E-state index in [-0.39, 0.29) is 5.82 Å². The van der Waals surface area contributed by atoms with Gasteiger partial charge in [0, 0.05) is 5.39 Å². The standard InChI is InChI=1S/C20H18N4O2/c1-3-26-17-9-8-13(11-18(17)25-2)10-14(12-21)20-23-16-7-5-4-6-15(16)19(22)24-20/h4-11H,3H2,1-2H3,(H2,22,23,24)/b14-10-. The summed E-state index contributed by atoms with van der Waals surface area (Å²) in [6, 6.07) is 15.0. The maximum Gasteiger partial charge on any atom is 0.172 e. The van der Waals surface area contributed by atoms with Crippen LogP contribution in [-0.4, -0.2) is 23.7 Å². The fraction of sp³-hybridized carbons (Fsp3) is 0.150. The molecule has 26 heavy (non-hydrogen) atoms.